The van der Waals surface area contributed by atoms with Gasteiger partial charge in [0.1, 0.15) is 5.56 Å². The fraction of sp³-hybridized carbons (Fsp3) is 0.296. The number of nitrogens with one attached hydrogen (secondary N) is 1. The van der Waals surface area contributed by atoms with Crippen LogP contribution in [0.4, 0.5) is 5.69 Å². The van der Waals surface area contributed by atoms with Gasteiger partial charge in [-0.25, -0.2) is 4.79 Å². The van der Waals surface area contributed by atoms with Crippen LogP contribution in [0.2, 0.25) is 0 Å². The lowest BCUT2D eigenvalue weighted by Crippen LogP contribution is -2.39. The first-order valence-corrected chi connectivity index (χ1v) is 11.6. The third kappa shape index (κ3) is 5.20. The lowest BCUT2D eigenvalue weighted by molar-refractivity contribution is -0.139. The van der Waals surface area contributed by atoms with Crippen molar-refractivity contribution in [2.45, 2.75) is 51.1 Å². The number of hydrogen-bond acceptors (Lipinski definition) is 4. The van der Waals surface area contributed by atoms with E-state index < -0.39 is 23.5 Å². The van der Waals surface area contributed by atoms with Gasteiger partial charge in [0.25, 0.3) is 11.5 Å². The van der Waals surface area contributed by atoms with E-state index in [2.05, 4.69) is 5.32 Å². The number of amides is 1. The largest absolute Gasteiger partial charge is 0.479 e. The van der Waals surface area contributed by atoms with Crippen molar-refractivity contribution in [2.24, 2.45) is 0 Å². The minimum atomic E-state index is -1.25. The van der Waals surface area contributed by atoms with Crippen molar-refractivity contribution in [3.63, 3.8) is 0 Å². The van der Waals surface area contributed by atoms with Gasteiger partial charge in [-0.1, -0.05) is 55.3 Å². The summed E-state index contributed by atoms with van der Waals surface area (Å²) in [5, 5.41) is 12.3. The summed E-state index contributed by atoms with van der Waals surface area (Å²) in [7, 11) is 0. The van der Waals surface area contributed by atoms with Gasteiger partial charge in [0, 0.05) is 11.4 Å². The number of pyridine rings is 1. The van der Waals surface area contributed by atoms with Crippen LogP contribution in [0, 0.1) is 0 Å². The predicted octanol–water partition coefficient (Wildman–Crippen LogP) is 3.69. The maximum absolute atomic E-state index is 13.6. The second-order valence-corrected chi connectivity index (χ2v) is 8.73. The number of anilines is 1. The highest BCUT2D eigenvalue weighted by Crippen LogP contribution is 2.22. The number of aliphatic carboxylic acids is 1. The summed E-state index contributed by atoms with van der Waals surface area (Å²) in [6, 6.07) is 16.2. The van der Waals surface area contributed by atoms with E-state index in [-0.39, 0.29) is 5.56 Å². The number of carboxylic acids is 1. The Kier molecular flexibility index (Phi) is 7.11. The Labute approximate surface area is 198 Å². The van der Waals surface area contributed by atoms with Gasteiger partial charge >= 0.3 is 5.97 Å². The summed E-state index contributed by atoms with van der Waals surface area (Å²) >= 11 is 0. The summed E-state index contributed by atoms with van der Waals surface area (Å²) in [6.07, 6.45) is 5.72. The minimum Gasteiger partial charge on any atom is -0.479 e. The number of fused-ring (bicyclic) bond motifs is 1. The molecular weight excluding hydrogens is 430 g/mol. The van der Waals surface area contributed by atoms with Crippen molar-refractivity contribution in [2.75, 3.05) is 5.73 Å². The van der Waals surface area contributed by atoms with Crippen LogP contribution < -0.4 is 16.6 Å². The lowest BCUT2D eigenvalue weighted by Gasteiger charge is -2.22. The molecule has 176 valence electrons. The van der Waals surface area contributed by atoms with Crippen LogP contribution in [0.5, 0.6) is 0 Å². The molecule has 0 saturated heterocycles. The number of nitrogens with zero attached hydrogens (tertiary/aromatic N) is 1. The van der Waals surface area contributed by atoms with Gasteiger partial charge in [-0.15, -0.1) is 0 Å². The fourth-order valence-electron chi connectivity index (χ4n) is 4.51. The third-order valence-corrected chi connectivity index (χ3v) is 6.32. The molecule has 1 aromatic heterocycles. The smallest absolute Gasteiger partial charge is 0.330 e. The zero-order chi connectivity index (χ0) is 24.1. The van der Waals surface area contributed by atoms with E-state index in [0.717, 1.165) is 55.3 Å². The lowest BCUT2D eigenvalue weighted by atomic mass is 9.95. The number of benzene rings is 2. The first-order valence-electron chi connectivity index (χ1n) is 11.6. The zero-order valence-electron chi connectivity index (χ0n) is 19.0. The molecule has 1 heterocycles. The molecule has 7 nitrogen and oxygen atoms in total. The average molecular weight is 460 g/mol. The van der Waals surface area contributed by atoms with E-state index in [9.17, 15) is 19.5 Å². The summed E-state index contributed by atoms with van der Waals surface area (Å²) in [5.74, 6) is -1.87. The van der Waals surface area contributed by atoms with Crippen molar-refractivity contribution < 1.29 is 14.7 Å². The molecule has 3 aromatic rings. The monoisotopic (exact) mass is 459 g/mol. The van der Waals surface area contributed by atoms with Crippen molar-refractivity contribution in [3.8, 4) is 0 Å². The van der Waals surface area contributed by atoms with Crippen molar-refractivity contribution in [1.29, 1.82) is 0 Å². The SMILES string of the molecule is Nc1ccc(Cn2c3c(cc(C(=O)N[C@@H](C(=O)O)c4ccccc4)c2=O)CCCCCC3)cc1. The summed E-state index contributed by atoms with van der Waals surface area (Å²) < 4.78 is 1.68. The van der Waals surface area contributed by atoms with Crippen LogP contribution in [-0.2, 0) is 24.2 Å². The zero-order valence-corrected chi connectivity index (χ0v) is 19.0. The topological polar surface area (TPSA) is 114 Å². The number of hydrogen-bond donors (Lipinski definition) is 3. The maximum Gasteiger partial charge on any atom is 0.330 e. The van der Waals surface area contributed by atoms with E-state index in [1.54, 1.807) is 53.1 Å². The molecule has 0 bridgehead atoms. The van der Waals surface area contributed by atoms with Crippen LogP contribution in [0.15, 0.2) is 65.5 Å². The first-order chi connectivity index (χ1) is 16.4. The number of nitrogens with two attached hydrogens (primary N) is 1. The maximum atomic E-state index is 13.6. The number of aryl methyl sites for hydroxylation is 1. The number of carboxylic acid groups (broad SMARTS) is 1. The summed E-state index contributed by atoms with van der Waals surface area (Å²) in [6.45, 7) is 0.323. The molecule has 0 spiro atoms. The summed E-state index contributed by atoms with van der Waals surface area (Å²) in [4.78, 5) is 38.7. The van der Waals surface area contributed by atoms with Gasteiger partial charge in [0.2, 0.25) is 0 Å². The molecule has 4 N–H and O–H groups in total. The molecule has 34 heavy (non-hydrogen) atoms. The van der Waals surface area contributed by atoms with Crippen molar-refractivity contribution in [1.82, 2.24) is 9.88 Å². The van der Waals surface area contributed by atoms with E-state index in [1.807, 2.05) is 12.1 Å². The Hall–Kier alpha value is -3.87. The molecular formula is C27H29N3O4. The van der Waals surface area contributed by atoms with E-state index in [0.29, 0.717) is 17.8 Å². The molecule has 7 heteroatoms. The number of nitrogen functional groups attached to an aromatic ring is 1. The fourth-order valence-corrected chi connectivity index (χ4v) is 4.51. The predicted molar refractivity (Wildman–Crippen MR) is 131 cm³/mol. The molecule has 1 atom stereocenters. The highest BCUT2D eigenvalue weighted by atomic mass is 16.4. The normalized spacial score (nSPS) is 14.4. The van der Waals surface area contributed by atoms with Gasteiger partial charge in [0.15, 0.2) is 6.04 Å². The van der Waals surface area contributed by atoms with Crippen LogP contribution in [-0.4, -0.2) is 21.6 Å². The Bertz CT molecular complexity index is 1230. The van der Waals surface area contributed by atoms with Gasteiger partial charge < -0.3 is 20.7 Å². The minimum absolute atomic E-state index is 0.0306. The van der Waals surface area contributed by atoms with E-state index in [1.165, 1.54) is 0 Å². The molecule has 2 aromatic carbocycles. The molecule has 0 saturated carbocycles. The number of carbonyl (C=O) groups excluding carboxylic acids is 1. The molecule has 0 radical (unpaired) electrons. The Morgan fingerprint density at radius 2 is 1.65 bits per heavy atom. The molecule has 1 aliphatic rings. The van der Waals surface area contributed by atoms with Crippen molar-refractivity contribution >= 4 is 17.6 Å². The molecule has 4 rings (SSSR count). The highest BCUT2D eigenvalue weighted by Gasteiger charge is 2.26. The Balaban J connectivity index is 1.75. The molecule has 1 aliphatic carbocycles. The molecule has 1 amide bonds. The quantitative estimate of drug-likeness (QED) is 0.487. The van der Waals surface area contributed by atoms with Gasteiger partial charge in [-0.3, -0.25) is 9.59 Å². The van der Waals surface area contributed by atoms with Crippen LogP contribution >= 0.6 is 0 Å². The number of aromatic nitrogens is 1. The Morgan fingerprint density at radius 1 is 0.971 bits per heavy atom. The summed E-state index contributed by atoms with van der Waals surface area (Å²) in [5.41, 5.74) is 9.29. The van der Waals surface area contributed by atoms with Crippen LogP contribution in [0.3, 0.4) is 0 Å². The van der Waals surface area contributed by atoms with Gasteiger partial charge in [-0.05, 0) is 60.6 Å². The first kappa shape index (κ1) is 23.3. The number of rotatable bonds is 6. The van der Waals surface area contributed by atoms with Crippen LogP contribution in [0.1, 0.15) is 64.5 Å². The molecule has 0 unspecified atom stereocenters. The van der Waals surface area contributed by atoms with Crippen LogP contribution in [0.25, 0.3) is 0 Å². The second kappa shape index (κ2) is 10.4. The molecule has 0 aliphatic heterocycles. The third-order valence-electron chi connectivity index (χ3n) is 6.32. The van der Waals surface area contributed by atoms with E-state index >= 15 is 0 Å². The van der Waals surface area contributed by atoms with Gasteiger partial charge in [-0.2, -0.15) is 0 Å². The Morgan fingerprint density at radius 3 is 2.32 bits per heavy atom. The standard InChI is InChI=1S/C27H29N3O4/c28-21-14-12-18(13-15-21)17-30-23-11-7-2-1-4-10-20(23)16-22(26(30)32)25(31)29-24(27(33)34)19-8-5-3-6-9-19/h3,5-6,8-9,12-16,24H,1-2,4,7,10-11,17,28H2,(H,29,31)(H,33,34)/t24-/m1/s1. The van der Waals surface area contributed by atoms with Crippen molar-refractivity contribution in [3.05, 3.63) is 99.0 Å². The van der Waals surface area contributed by atoms with E-state index in [4.69, 9.17) is 5.73 Å². The van der Waals surface area contributed by atoms with Gasteiger partial charge in [0.05, 0.1) is 6.54 Å². The average Bonchev–Trinajstić information content (AvgIpc) is 2.81. The second-order valence-electron chi connectivity index (χ2n) is 8.73. The molecule has 0 fully saturated rings. The highest BCUT2D eigenvalue weighted by molar-refractivity contribution is 5.96. The number of carbonyl (C=O) groups is 2.